The van der Waals surface area contributed by atoms with Crippen LogP contribution in [-0.2, 0) is 22.5 Å². The molecule has 7 heteroatoms. The van der Waals surface area contributed by atoms with Crippen LogP contribution in [0.3, 0.4) is 0 Å². The fourth-order valence-corrected chi connectivity index (χ4v) is 4.73. The molecule has 0 radical (unpaired) electrons. The average molecular weight is 414 g/mol. The van der Waals surface area contributed by atoms with Gasteiger partial charge < -0.3 is 4.74 Å². The first-order valence-electron chi connectivity index (χ1n) is 10.7. The molecule has 156 valence electrons. The largest absolute Gasteiger partial charge is 0.465 e. The SMILES string of the molecule is O=C1CC(Cc2c(Cn3c(=O)n(C4CC4)c4ccncc43)ncc3ccccc23)CO1. The van der Waals surface area contributed by atoms with Crippen molar-refractivity contribution in [1.29, 1.82) is 0 Å². The minimum Gasteiger partial charge on any atom is -0.465 e. The van der Waals surface area contributed by atoms with E-state index >= 15 is 0 Å². The average Bonchev–Trinajstić information content (AvgIpc) is 3.48. The van der Waals surface area contributed by atoms with Crippen molar-refractivity contribution < 1.29 is 9.53 Å². The minimum absolute atomic E-state index is 0.00853. The van der Waals surface area contributed by atoms with Crippen LogP contribution in [0, 0.1) is 5.92 Å². The maximum atomic E-state index is 13.3. The first kappa shape index (κ1) is 18.3. The number of hydrogen-bond donors (Lipinski definition) is 0. The fourth-order valence-electron chi connectivity index (χ4n) is 4.73. The Labute approximate surface area is 178 Å². The first-order valence-corrected chi connectivity index (χ1v) is 10.7. The summed E-state index contributed by atoms with van der Waals surface area (Å²) < 4.78 is 8.89. The summed E-state index contributed by atoms with van der Waals surface area (Å²) in [5, 5.41) is 2.17. The van der Waals surface area contributed by atoms with E-state index in [2.05, 4.69) is 11.1 Å². The van der Waals surface area contributed by atoms with E-state index in [-0.39, 0.29) is 23.6 Å². The van der Waals surface area contributed by atoms with Crippen LogP contribution < -0.4 is 5.69 Å². The number of carbonyl (C=O) groups is 1. The van der Waals surface area contributed by atoms with E-state index in [0.29, 0.717) is 26.0 Å². The number of rotatable bonds is 5. The molecule has 1 saturated carbocycles. The topological polar surface area (TPSA) is 79.0 Å². The molecule has 7 nitrogen and oxygen atoms in total. The number of cyclic esters (lactones) is 1. The van der Waals surface area contributed by atoms with Crippen LogP contribution >= 0.6 is 0 Å². The number of fused-ring (bicyclic) bond motifs is 2. The molecule has 4 heterocycles. The third kappa shape index (κ3) is 3.12. The van der Waals surface area contributed by atoms with Crippen LogP contribution in [0.5, 0.6) is 0 Å². The molecule has 1 aliphatic carbocycles. The molecular weight excluding hydrogens is 392 g/mol. The molecule has 0 bridgehead atoms. The smallest absolute Gasteiger partial charge is 0.329 e. The van der Waals surface area contributed by atoms with Crippen LogP contribution in [0.1, 0.15) is 36.6 Å². The van der Waals surface area contributed by atoms with E-state index in [1.54, 1.807) is 17.0 Å². The highest BCUT2D eigenvalue weighted by Crippen LogP contribution is 2.36. The molecule has 0 amide bonds. The van der Waals surface area contributed by atoms with E-state index in [9.17, 15) is 9.59 Å². The third-order valence-corrected chi connectivity index (χ3v) is 6.41. The van der Waals surface area contributed by atoms with Gasteiger partial charge in [-0.15, -0.1) is 0 Å². The van der Waals surface area contributed by atoms with Gasteiger partial charge in [-0.25, -0.2) is 4.79 Å². The van der Waals surface area contributed by atoms with Gasteiger partial charge in [0.15, 0.2) is 0 Å². The second-order valence-corrected chi connectivity index (χ2v) is 8.56. The summed E-state index contributed by atoms with van der Waals surface area (Å²) in [6.45, 7) is 0.814. The van der Waals surface area contributed by atoms with E-state index in [1.807, 2.05) is 35.0 Å². The summed E-state index contributed by atoms with van der Waals surface area (Å²) in [5.74, 6) is -0.0143. The zero-order chi connectivity index (χ0) is 20.9. The lowest BCUT2D eigenvalue weighted by Gasteiger charge is -2.15. The Morgan fingerprint density at radius 2 is 1.94 bits per heavy atom. The highest BCUT2D eigenvalue weighted by Gasteiger charge is 2.30. The normalized spacial score (nSPS) is 18.7. The second-order valence-electron chi connectivity index (χ2n) is 8.56. The summed E-state index contributed by atoms with van der Waals surface area (Å²) in [4.78, 5) is 34.0. The third-order valence-electron chi connectivity index (χ3n) is 6.41. The molecule has 2 aliphatic rings. The van der Waals surface area contributed by atoms with Crippen molar-refractivity contribution in [2.45, 2.75) is 38.3 Å². The predicted octanol–water partition coefficient (Wildman–Crippen LogP) is 3.24. The van der Waals surface area contributed by atoms with Crippen LogP contribution in [0.4, 0.5) is 0 Å². The molecule has 1 saturated heterocycles. The van der Waals surface area contributed by atoms with E-state index < -0.39 is 0 Å². The molecule has 2 fully saturated rings. The zero-order valence-corrected chi connectivity index (χ0v) is 17.0. The Balaban J connectivity index is 1.48. The van der Waals surface area contributed by atoms with Crippen molar-refractivity contribution in [2.24, 2.45) is 5.92 Å². The highest BCUT2D eigenvalue weighted by molar-refractivity contribution is 5.86. The number of aromatic nitrogens is 4. The Bertz CT molecular complexity index is 1380. The van der Waals surface area contributed by atoms with Gasteiger partial charge in [0.2, 0.25) is 0 Å². The maximum absolute atomic E-state index is 13.3. The number of imidazole rings is 1. The number of benzene rings is 1. The van der Waals surface area contributed by atoms with Crippen molar-refractivity contribution in [1.82, 2.24) is 19.1 Å². The molecule has 31 heavy (non-hydrogen) atoms. The quantitative estimate of drug-likeness (QED) is 0.469. The van der Waals surface area contributed by atoms with Gasteiger partial charge >= 0.3 is 11.7 Å². The molecule has 3 aromatic heterocycles. The van der Waals surface area contributed by atoms with Crippen LogP contribution in [0.25, 0.3) is 21.8 Å². The van der Waals surface area contributed by atoms with Gasteiger partial charge in [0, 0.05) is 29.7 Å². The van der Waals surface area contributed by atoms with Gasteiger partial charge in [0.1, 0.15) is 0 Å². The van der Waals surface area contributed by atoms with E-state index in [1.165, 1.54) is 0 Å². The van der Waals surface area contributed by atoms with Gasteiger partial charge in [-0.05, 0) is 36.3 Å². The lowest BCUT2D eigenvalue weighted by Crippen LogP contribution is -2.25. The lowest BCUT2D eigenvalue weighted by atomic mass is 9.93. The summed E-state index contributed by atoms with van der Waals surface area (Å²) in [6.07, 6.45) is 8.57. The number of pyridine rings is 2. The van der Waals surface area contributed by atoms with Gasteiger partial charge in [-0.1, -0.05) is 24.3 Å². The van der Waals surface area contributed by atoms with Crippen molar-refractivity contribution >= 4 is 27.8 Å². The van der Waals surface area contributed by atoms with Gasteiger partial charge in [0.05, 0.1) is 42.5 Å². The van der Waals surface area contributed by atoms with Crippen LogP contribution in [-0.4, -0.2) is 31.7 Å². The molecule has 0 spiro atoms. The number of carbonyl (C=O) groups excluding carboxylic acids is 1. The van der Waals surface area contributed by atoms with Gasteiger partial charge in [-0.3, -0.25) is 23.9 Å². The Morgan fingerprint density at radius 3 is 2.74 bits per heavy atom. The molecule has 1 unspecified atom stereocenters. The van der Waals surface area contributed by atoms with Crippen molar-refractivity contribution in [3.63, 3.8) is 0 Å². The van der Waals surface area contributed by atoms with E-state index in [0.717, 1.165) is 45.9 Å². The van der Waals surface area contributed by atoms with Gasteiger partial charge in [-0.2, -0.15) is 0 Å². The highest BCUT2D eigenvalue weighted by atomic mass is 16.5. The molecular formula is C24H22N4O3. The molecule has 1 aliphatic heterocycles. The summed E-state index contributed by atoms with van der Waals surface area (Å²) >= 11 is 0. The molecule has 1 atom stereocenters. The number of hydrogen-bond acceptors (Lipinski definition) is 5. The predicted molar refractivity (Wildman–Crippen MR) is 116 cm³/mol. The Morgan fingerprint density at radius 1 is 1.06 bits per heavy atom. The summed E-state index contributed by atoms with van der Waals surface area (Å²) in [5.41, 5.74) is 3.70. The Hall–Kier alpha value is -3.48. The fraction of sp³-hybridized carbons (Fsp3) is 0.333. The second kappa shape index (κ2) is 7.04. The molecule has 4 aromatic rings. The summed E-state index contributed by atoms with van der Waals surface area (Å²) in [6, 6.07) is 10.3. The standard InChI is InChI=1S/C24H22N4O3/c29-23-10-15(14-31-23)9-19-18-4-2-1-3-16(18)11-26-20(19)13-27-22-12-25-8-7-21(22)28(24(27)30)17-5-6-17/h1-4,7-8,11-12,15,17H,5-6,9-10,13-14H2. The number of ether oxygens (including phenoxy) is 1. The molecule has 1 aromatic carbocycles. The van der Waals surface area contributed by atoms with Crippen molar-refractivity contribution in [3.05, 3.63) is 70.7 Å². The summed E-state index contributed by atoms with van der Waals surface area (Å²) in [7, 11) is 0. The number of nitrogens with zero attached hydrogens (tertiary/aromatic N) is 4. The maximum Gasteiger partial charge on any atom is 0.329 e. The van der Waals surface area contributed by atoms with E-state index in [4.69, 9.17) is 9.72 Å². The van der Waals surface area contributed by atoms with Crippen molar-refractivity contribution in [3.8, 4) is 0 Å². The zero-order valence-electron chi connectivity index (χ0n) is 17.0. The minimum atomic E-state index is -0.144. The monoisotopic (exact) mass is 414 g/mol. The van der Waals surface area contributed by atoms with Crippen LogP contribution in [0.2, 0.25) is 0 Å². The van der Waals surface area contributed by atoms with Crippen molar-refractivity contribution in [2.75, 3.05) is 6.61 Å². The molecule has 0 N–H and O–H groups in total. The van der Waals surface area contributed by atoms with Crippen LogP contribution in [0.15, 0.2) is 53.7 Å². The lowest BCUT2D eigenvalue weighted by molar-refractivity contribution is -0.137. The van der Waals surface area contributed by atoms with Gasteiger partial charge in [0.25, 0.3) is 0 Å². The first-order chi connectivity index (χ1) is 15.2. The molecule has 6 rings (SSSR count). The Kier molecular flexibility index (Phi) is 4.16. The number of esters is 1.